The van der Waals surface area contributed by atoms with E-state index in [-0.39, 0.29) is 16.1 Å². The summed E-state index contributed by atoms with van der Waals surface area (Å²) in [5, 5.41) is 15.7. The van der Waals surface area contributed by atoms with E-state index in [1.165, 1.54) is 18.5 Å². The van der Waals surface area contributed by atoms with Crippen LogP contribution in [0, 0.1) is 5.21 Å². The van der Waals surface area contributed by atoms with Crippen LogP contribution in [0.2, 0.25) is 0 Å². The van der Waals surface area contributed by atoms with Crippen molar-refractivity contribution in [2.24, 2.45) is 0 Å². The van der Waals surface area contributed by atoms with Gasteiger partial charge in [-0.25, -0.2) is 4.98 Å². The maximum Gasteiger partial charge on any atom is 0.338 e. The Balaban J connectivity index is 1.60. The van der Waals surface area contributed by atoms with E-state index in [1.54, 1.807) is 42.5 Å². The molecule has 1 atom stereocenters. The van der Waals surface area contributed by atoms with Gasteiger partial charge in [-0.3, -0.25) is 4.98 Å². The highest BCUT2D eigenvalue weighted by atomic mass is 32.2. The normalized spacial score (nSPS) is 20.8. The molecule has 1 fully saturated rings. The van der Waals surface area contributed by atoms with Crippen molar-refractivity contribution < 1.29 is 8.42 Å². The molecule has 6 rings (SSSR count). The van der Waals surface area contributed by atoms with Crippen LogP contribution in [0.15, 0.2) is 71.9 Å². The van der Waals surface area contributed by atoms with Crippen molar-refractivity contribution in [1.82, 2.24) is 18.9 Å². The zero-order valence-corrected chi connectivity index (χ0v) is 19.4. The van der Waals surface area contributed by atoms with Gasteiger partial charge in [-0.15, -0.1) is 0 Å². The minimum absolute atomic E-state index is 0.0832. The average Bonchev–Trinajstić information content (AvgIpc) is 3.23. The van der Waals surface area contributed by atoms with Gasteiger partial charge in [-0.2, -0.15) is 12.5 Å². The molecule has 0 spiro atoms. The van der Waals surface area contributed by atoms with Gasteiger partial charge in [0.2, 0.25) is 0 Å². The van der Waals surface area contributed by atoms with Gasteiger partial charge in [0.15, 0.2) is 5.69 Å². The molecule has 9 heteroatoms. The second-order valence-corrected chi connectivity index (χ2v) is 10.7. The van der Waals surface area contributed by atoms with E-state index in [4.69, 9.17) is 4.98 Å². The first-order valence-corrected chi connectivity index (χ1v) is 12.6. The van der Waals surface area contributed by atoms with Gasteiger partial charge in [0, 0.05) is 43.8 Å². The van der Waals surface area contributed by atoms with Gasteiger partial charge in [0.25, 0.3) is 0 Å². The zero-order valence-electron chi connectivity index (χ0n) is 18.6. The summed E-state index contributed by atoms with van der Waals surface area (Å²) < 4.78 is 26.5. The number of nitrogens with zero attached hydrogens (tertiary/aromatic N) is 5. The number of likely N-dealkylation sites (N-methyl/N-ethyl adjacent to an activating group) is 1. The third-order valence-corrected chi connectivity index (χ3v) is 8.57. The quantitative estimate of drug-likeness (QED) is 0.331. The fraction of sp³-hybridized carbons (Fsp3) is 0.200. The number of hydrogen-bond acceptors (Lipinski definition) is 7. The number of pyridine rings is 2. The first kappa shape index (κ1) is 21.2. The number of piperazine rings is 1. The summed E-state index contributed by atoms with van der Waals surface area (Å²) in [4.78, 5) is 13.4. The third-order valence-electron chi connectivity index (χ3n) is 6.66. The zero-order chi connectivity index (χ0) is 23.5. The molecule has 34 heavy (non-hydrogen) atoms. The predicted octanol–water partition coefficient (Wildman–Crippen LogP) is 3.71. The number of para-hydroxylation sites is 2. The van der Waals surface area contributed by atoms with Gasteiger partial charge in [0.05, 0.1) is 22.0 Å². The lowest BCUT2D eigenvalue weighted by Crippen LogP contribution is -2.45. The SMILES string of the molecule is CN1CCN(c2nc3ccccc3c3c2C=C[N+]3([O-])S(=O)(=O)c2cccc3cccnc23)CC1. The predicted molar refractivity (Wildman–Crippen MR) is 135 cm³/mol. The average molecular weight is 474 g/mol. The van der Waals surface area contributed by atoms with E-state index >= 15 is 0 Å². The molecule has 2 aromatic carbocycles. The minimum Gasteiger partial charge on any atom is -0.606 e. The van der Waals surface area contributed by atoms with E-state index in [9.17, 15) is 13.6 Å². The molecule has 2 aliphatic heterocycles. The second kappa shape index (κ2) is 7.57. The van der Waals surface area contributed by atoms with Crippen LogP contribution in [-0.2, 0) is 10.0 Å². The summed E-state index contributed by atoms with van der Waals surface area (Å²) in [5.41, 5.74) is 1.64. The third kappa shape index (κ3) is 2.98. The van der Waals surface area contributed by atoms with Gasteiger partial charge in [-0.1, -0.05) is 30.3 Å². The molecule has 2 aromatic heterocycles. The van der Waals surface area contributed by atoms with E-state index in [1.807, 2.05) is 12.1 Å². The summed E-state index contributed by atoms with van der Waals surface area (Å²) in [6, 6.07) is 15.7. The molecule has 4 heterocycles. The maximum absolute atomic E-state index is 14.5. The monoisotopic (exact) mass is 473 g/mol. The molecule has 0 amide bonds. The van der Waals surface area contributed by atoms with Crippen molar-refractivity contribution in [3.05, 3.63) is 77.8 Å². The Kier molecular flexibility index (Phi) is 4.72. The molecular formula is C25H23N5O3S. The van der Waals surface area contributed by atoms with Crippen molar-refractivity contribution >= 4 is 49.4 Å². The number of rotatable bonds is 3. The lowest BCUT2D eigenvalue weighted by molar-refractivity contribution is 0.312. The molecule has 4 aromatic rings. The maximum atomic E-state index is 14.5. The number of aromatic nitrogens is 2. The molecule has 0 aliphatic carbocycles. The summed E-state index contributed by atoms with van der Waals surface area (Å²) in [6.45, 7) is 3.23. The van der Waals surface area contributed by atoms with Crippen molar-refractivity contribution in [3.63, 3.8) is 0 Å². The second-order valence-electron chi connectivity index (χ2n) is 8.72. The summed E-state index contributed by atoms with van der Waals surface area (Å²) in [5.74, 6) is 0.653. The van der Waals surface area contributed by atoms with Crippen molar-refractivity contribution in [2.45, 2.75) is 4.90 Å². The largest absolute Gasteiger partial charge is 0.606 e. The fourth-order valence-electron chi connectivity index (χ4n) is 4.82. The first-order valence-electron chi connectivity index (χ1n) is 11.1. The van der Waals surface area contributed by atoms with E-state index in [0.29, 0.717) is 27.7 Å². The summed E-state index contributed by atoms with van der Waals surface area (Å²) in [7, 11) is -2.38. The minimum atomic E-state index is -4.45. The van der Waals surface area contributed by atoms with Crippen molar-refractivity contribution in [3.8, 4) is 0 Å². The number of hydrogen-bond donors (Lipinski definition) is 0. The molecule has 1 saturated heterocycles. The van der Waals surface area contributed by atoms with E-state index < -0.39 is 14.1 Å². The smallest absolute Gasteiger partial charge is 0.338 e. The number of benzene rings is 2. The van der Waals surface area contributed by atoms with Gasteiger partial charge in [-0.05, 0) is 31.3 Å². The molecular weight excluding hydrogens is 450 g/mol. The van der Waals surface area contributed by atoms with Crippen molar-refractivity contribution in [2.75, 3.05) is 38.1 Å². The molecule has 0 saturated carbocycles. The lowest BCUT2D eigenvalue weighted by Gasteiger charge is -2.37. The molecule has 2 aliphatic rings. The number of quaternary nitrogens is 1. The topological polar surface area (TPSA) is 89.5 Å². The molecule has 0 radical (unpaired) electrons. The Morgan fingerprint density at radius 1 is 0.971 bits per heavy atom. The Hall–Kier alpha value is -3.37. The van der Waals surface area contributed by atoms with Crippen molar-refractivity contribution in [1.29, 1.82) is 0 Å². The molecule has 172 valence electrons. The highest BCUT2D eigenvalue weighted by Gasteiger charge is 2.45. The Bertz CT molecular complexity index is 1570. The van der Waals surface area contributed by atoms with Crippen LogP contribution in [0.4, 0.5) is 11.5 Å². The standard InChI is InChI=1S/C25H23N5O3S/c1-28-13-15-29(16-14-28)25-20-11-17-30(31,24(20)19-8-2-3-9-21(19)27-25)34(32,33)22-10-4-6-18-7-5-12-26-23(18)22/h2-12,17H,13-16H2,1H3. The highest BCUT2D eigenvalue weighted by Crippen LogP contribution is 2.48. The van der Waals surface area contributed by atoms with Crippen LogP contribution < -0.4 is 8.95 Å². The number of fused-ring (bicyclic) bond motifs is 4. The molecule has 0 bridgehead atoms. The highest BCUT2D eigenvalue weighted by molar-refractivity contribution is 7.91. The molecule has 1 unspecified atom stereocenters. The lowest BCUT2D eigenvalue weighted by atomic mass is 10.1. The number of sulfonamides is 1. The van der Waals surface area contributed by atoms with E-state index in [0.717, 1.165) is 26.2 Å². The van der Waals surface area contributed by atoms with Gasteiger partial charge < -0.3 is 15.0 Å². The van der Waals surface area contributed by atoms with Crippen LogP contribution >= 0.6 is 0 Å². The number of anilines is 1. The van der Waals surface area contributed by atoms with E-state index in [2.05, 4.69) is 21.8 Å². The Labute approximate surface area is 197 Å². The van der Waals surface area contributed by atoms with Crippen LogP contribution in [0.5, 0.6) is 0 Å². The first-order chi connectivity index (χ1) is 16.4. The molecule has 8 nitrogen and oxygen atoms in total. The van der Waals surface area contributed by atoms with Crippen LogP contribution in [0.3, 0.4) is 0 Å². The summed E-state index contributed by atoms with van der Waals surface area (Å²) >= 11 is 0. The Morgan fingerprint density at radius 3 is 2.56 bits per heavy atom. The van der Waals surface area contributed by atoms with Gasteiger partial charge >= 0.3 is 10.0 Å². The van der Waals surface area contributed by atoms with Crippen LogP contribution in [0.25, 0.3) is 27.9 Å². The van der Waals surface area contributed by atoms with Crippen LogP contribution in [-0.4, -0.2) is 56.5 Å². The van der Waals surface area contributed by atoms with Crippen LogP contribution in [0.1, 0.15) is 5.56 Å². The number of hydroxylamine groups is 1. The Morgan fingerprint density at radius 2 is 1.74 bits per heavy atom. The summed E-state index contributed by atoms with van der Waals surface area (Å²) in [6.07, 6.45) is 4.37. The fourth-order valence-corrected chi connectivity index (χ4v) is 6.44. The molecule has 0 N–H and O–H groups in total. The van der Waals surface area contributed by atoms with Gasteiger partial charge in [0.1, 0.15) is 16.9 Å².